The molecule has 0 aliphatic rings. The third-order valence-corrected chi connectivity index (χ3v) is 4.68. The summed E-state index contributed by atoms with van der Waals surface area (Å²) >= 11 is 3.05. The fourth-order valence-corrected chi connectivity index (χ4v) is 3.45. The Bertz CT molecular complexity index is 959. The average Bonchev–Trinajstić information content (AvgIpc) is 3.24. The van der Waals surface area contributed by atoms with Gasteiger partial charge in [0.05, 0.1) is 5.75 Å². The lowest BCUT2D eigenvalue weighted by molar-refractivity contribution is 0.391. The van der Waals surface area contributed by atoms with E-state index in [1.165, 1.54) is 11.8 Å². The van der Waals surface area contributed by atoms with Crippen LogP contribution in [0.2, 0.25) is 0 Å². The van der Waals surface area contributed by atoms with Crippen LogP contribution in [0.4, 0.5) is 0 Å². The van der Waals surface area contributed by atoms with E-state index in [9.17, 15) is 0 Å². The molecule has 4 aromatic rings. The number of aromatic nitrogens is 6. The molecule has 0 bridgehead atoms. The van der Waals surface area contributed by atoms with Gasteiger partial charge in [0.1, 0.15) is 0 Å². The van der Waals surface area contributed by atoms with Crippen molar-refractivity contribution >= 4 is 28.9 Å². The van der Waals surface area contributed by atoms with Crippen LogP contribution >= 0.6 is 23.1 Å². The molecular weight excluding hydrogens is 332 g/mol. The number of hydrogen-bond donors (Lipinski definition) is 0. The van der Waals surface area contributed by atoms with Gasteiger partial charge in [-0.2, -0.15) is 21.3 Å². The van der Waals surface area contributed by atoms with Crippen molar-refractivity contribution in [3.63, 3.8) is 0 Å². The lowest BCUT2D eigenvalue weighted by Crippen LogP contribution is -1.97. The van der Waals surface area contributed by atoms with Crippen molar-refractivity contribution in [3.05, 3.63) is 40.2 Å². The summed E-state index contributed by atoms with van der Waals surface area (Å²) in [6.07, 6.45) is 0. The molecular formula is C14H12N6OS2. The van der Waals surface area contributed by atoms with Gasteiger partial charge in [-0.05, 0) is 31.4 Å². The summed E-state index contributed by atoms with van der Waals surface area (Å²) in [4.78, 5) is 13.2. The average molecular weight is 344 g/mol. The zero-order valence-corrected chi connectivity index (χ0v) is 14.1. The molecule has 0 amide bonds. The zero-order valence-electron chi connectivity index (χ0n) is 12.4. The smallest absolute Gasteiger partial charge is 0.253 e. The highest BCUT2D eigenvalue weighted by Crippen LogP contribution is 2.23. The van der Waals surface area contributed by atoms with Crippen molar-refractivity contribution in [2.45, 2.75) is 24.8 Å². The van der Waals surface area contributed by atoms with Gasteiger partial charge in [0, 0.05) is 22.3 Å². The molecule has 4 aromatic heterocycles. The summed E-state index contributed by atoms with van der Waals surface area (Å²) < 4.78 is 7.01. The van der Waals surface area contributed by atoms with Crippen LogP contribution in [0.1, 0.15) is 17.3 Å². The van der Waals surface area contributed by atoms with Crippen LogP contribution in [-0.2, 0) is 5.75 Å². The first-order valence-electron chi connectivity index (χ1n) is 6.88. The normalized spacial score (nSPS) is 11.4. The summed E-state index contributed by atoms with van der Waals surface area (Å²) in [5, 5.41) is 13.0. The van der Waals surface area contributed by atoms with Gasteiger partial charge in [0.25, 0.3) is 5.78 Å². The van der Waals surface area contributed by atoms with E-state index in [1.54, 1.807) is 15.9 Å². The summed E-state index contributed by atoms with van der Waals surface area (Å²) in [5.41, 5.74) is 2.90. The van der Waals surface area contributed by atoms with Gasteiger partial charge in [0.15, 0.2) is 0 Å². The van der Waals surface area contributed by atoms with Gasteiger partial charge in [0.2, 0.25) is 16.9 Å². The predicted molar refractivity (Wildman–Crippen MR) is 87.4 cm³/mol. The highest BCUT2D eigenvalue weighted by molar-refractivity contribution is 7.98. The van der Waals surface area contributed by atoms with Crippen molar-refractivity contribution in [3.8, 4) is 11.4 Å². The minimum atomic E-state index is 0.520. The number of fused-ring (bicyclic) bond motifs is 1. The minimum absolute atomic E-state index is 0.520. The Kier molecular flexibility index (Phi) is 3.58. The molecule has 7 nitrogen and oxygen atoms in total. The predicted octanol–water partition coefficient (Wildman–Crippen LogP) is 3.14. The van der Waals surface area contributed by atoms with E-state index >= 15 is 0 Å². The van der Waals surface area contributed by atoms with E-state index < -0.39 is 0 Å². The number of thiophene rings is 1. The molecule has 0 aromatic carbocycles. The van der Waals surface area contributed by atoms with Crippen LogP contribution in [-0.4, -0.2) is 29.7 Å². The third kappa shape index (κ3) is 2.84. The lowest BCUT2D eigenvalue weighted by Gasteiger charge is -1.97. The van der Waals surface area contributed by atoms with Crippen LogP contribution < -0.4 is 0 Å². The molecule has 0 atom stereocenters. The van der Waals surface area contributed by atoms with Crippen molar-refractivity contribution in [1.82, 2.24) is 29.7 Å². The maximum atomic E-state index is 5.27. The minimum Gasteiger partial charge on any atom is -0.338 e. The molecule has 4 heterocycles. The number of hydrogen-bond acceptors (Lipinski definition) is 8. The maximum Gasteiger partial charge on any atom is 0.253 e. The Hall–Kier alpha value is -2.26. The Labute approximate surface area is 139 Å². The molecule has 0 aliphatic carbocycles. The second-order valence-corrected chi connectivity index (χ2v) is 6.68. The van der Waals surface area contributed by atoms with E-state index in [-0.39, 0.29) is 0 Å². The zero-order chi connectivity index (χ0) is 15.8. The van der Waals surface area contributed by atoms with Gasteiger partial charge >= 0.3 is 0 Å². The molecule has 0 fully saturated rings. The third-order valence-electron chi connectivity index (χ3n) is 3.17. The molecule has 0 aliphatic heterocycles. The molecule has 116 valence electrons. The van der Waals surface area contributed by atoms with Crippen molar-refractivity contribution in [2.75, 3.05) is 0 Å². The fraction of sp³-hybridized carbons (Fsp3) is 0.214. The van der Waals surface area contributed by atoms with Crippen LogP contribution in [0, 0.1) is 13.8 Å². The molecule has 0 spiro atoms. The van der Waals surface area contributed by atoms with Crippen LogP contribution in [0.5, 0.6) is 0 Å². The fourth-order valence-electron chi connectivity index (χ4n) is 2.16. The van der Waals surface area contributed by atoms with Crippen LogP contribution in [0.15, 0.2) is 32.6 Å². The van der Waals surface area contributed by atoms with Crippen LogP contribution in [0.3, 0.4) is 0 Å². The monoisotopic (exact) mass is 344 g/mol. The topological polar surface area (TPSA) is 82.0 Å². The molecule has 9 heteroatoms. The van der Waals surface area contributed by atoms with Crippen molar-refractivity contribution in [2.24, 2.45) is 0 Å². The van der Waals surface area contributed by atoms with E-state index in [4.69, 9.17) is 4.52 Å². The molecule has 0 N–H and O–H groups in total. The molecule has 0 unspecified atom stereocenters. The Morgan fingerprint density at radius 1 is 1.26 bits per heavy atom. The van der Waals surface area contributed by atoms with E-state index in [1.807, 2.05) is 36.7 Å². The highest BCUT2D eigenvalue weighted by Gasteiger charge is 2.12. The first-order valence-corrected chi connectivity index (χ1v) is 8.81. The number of nitrogens with zero attached hydrogens (tertiary/aromatic N) is 6. The van der Waals surface area contributed by atoms with E-state index in [0.717, 1.165) is 17.0 Å². The number of rotatable bonds is 4. The van der Waals surface area contributed by atoms with Crippen LogP contribution in [0.25, 0.3) is 17.2 Å². The largest absolute Gasteiger partial charge is 0.338 e. The summed E-state index contributed by atoms with van der Waals surface area (Å²) in [6, 6.07) is 3.94. The standard InChI is InChI=1S/C14H12N6OS2/c1-8-5-9(2)20-13(15-8)17-14(18-20)23-7-11-16-12(19-21-11)10-3-4-22-6-10/h3-6H,7H2,1-2H3. The first-order chi connectivity index (χ1) is 11.2. The summed E-state index contributed by atoms with van der Waals surface area (Å²) in [6.45, 7) is 3.93. The van der Waals surface area contributed by atoms with E-state index in [2.05, 4.69) is 25.2 Å². The SMILES string of the molecule is Cc1cc(C)n2nc(SCc3nc(-c4ccsc4)no3)nc2n1. The van der Waals surface area contributed by atoms with Crippen molar-refractivity contribution in [1.29, 1.82) is 0 Å². The summed E-state index contributed by atoms with van der Waals surface area (Å²) in [5.74, 6) is 2.29. The van der Waals surface area contributed by atoms with Gasteiger partial charge in [-0.3, -0.25) is 0 Å². The molecule has 0 radical (unpaired) electrons. The Morgan fingerprint density at radius 3 is 3.00 bits per heavy atom. The second-order valence-electron chi connectivity index (χ2n) is 4.96. The molecule has 23 heavy (non-hydrogen) atoms. The molecule has 4 rings (SSSR count). The molecule has 0 saturated heterocycles. The highest BCUT2D eigenvalue weighted by atomic mass is 32.2. The van der Waals surface area contributed by atoms with E-state index in [0.29, 0.717) is 28.4 Å². The number of thioether (sulfide) groups is 1. The number of aryl methyl sites for hydroxylation is 2. The Balaban J connectivity index is 1.52. The van der Waals surface area contributed by atoms with Crippen molar-refractivity contribution < 1.29 is 4.52 Å². The quantitative estimate of drug-likeness (QED) is 0.526. The van der Waals surface area contributed by atoms with Gasteiger partial charge in [-0.15, -0.1) is 5.10 Å². The molecule has 0 saturated carbocycles. The van der Waals surface area contributed by atoms with Gasteiger partial charge in [-0.1, -0.05) is 16.9 Å². The maximum absolute atomic E-state index is 5.27. The second kappa shape index (κ2) is 5.74. The summed E-state index contributed by atoms with van der Waals surface area (Å²) in [7, 11) is 0. The lowest BCUT2D eigenvalue weighted by atomic mass is 10.3. The van der Waals surface area contributed by atoms with Gasteiger partial charge < -0.3 is 4.52 Å². The first kappa shape index (κ1) is 14.3. The van der Waals surface area contributed by atoms with Gasteiger partial charge in [-0.25, -0.2) is 9.50 Å². The Morgan fingerprint density at radius 2 is 2.17 bits per heavy atom.